The highest BCUT2D eigenvalue weighted by Gasteiger charge is 2.28. The van der Waals surface area contributed by atoms with E-state index in [1.165, 1.54) is 0 Å². The van der Waals surface area contributed by atoms with Crippen LogP contribution < -0.4 is 5.32 Å². The number of ether oxygens (including phenoxy) is 1. The second-order valence-corrected chi connectivity index (χ2v) is 6.57. The van der Waals surface area contributed by atoms with Gasteiger partial charge in [-0.05, 0) is 42.9 Å². The molecule has 3 atom stereocenters. The number of aromatic nitrogens is 2. The summed E-state index contributed by atoms with van der Waals surface area (Å²) in [5.74, 6) is 0.168. The number of hydrogen-bond acceptors (Lipinski definition) is 4. The predicted molar refractivity (Wildman–Crippen MR) is 89.6 cm³/mol. The summed E-state index contributed by atoms with van der Waals surface area (Å²) in [6.07, 6.45) is 7.74. The lowest BCUT2D eigenvalue weighted by Gasteiger charge is -2.19. The molecule has 1 aromatic carbocycles. The molecular formula is C18H21N3O3. The molecule has 3 heterocycles. The van der Waals surface area contributed by atoms with Crippen LogP contribution in [0.4, 0.5) is 0 Å². The van der Waals surface area contributed by atoms with Crippen LogP contribution in [0.3, 0.4) is 0 Å². The normalized spacial score (nSPS) is 28.2. The van der Waals surface area contributed by atoms with Crippen LogP contribution in [0.5, 0.6) is 0 Å². The molecule has 2 N–H and O–H groups in total. The Morgan fingerprint density at radius 2 is 2.29 bits per heavy atom. The lowest BCUT2D eigenvalue weighted by Crippen LogP contribution is -2.21. The lowest BCUT2D eigenvalue weighted by atomic mass is 9.91. The van der Waals surface area contributed by atoms with E-state index < -0.39 is 0 Å². The van der Waals surface area contributed by atoms with E-state index in [1.54, 1.807) is 12.5 Å². The maximum atomic E-state index is 12.4. The zero-order valence-electron chi connectivity index (χ0n) is 13.6. The maximum Gasteiger partial charge on any atom is 0.255 e. The highest BCUT2D eigenvalue weighted by molar-refractivity contribution is 6.00. The van der Waals surface area contributed by atoms with Crippen LogP contribution in [0.1, 0.15) is 54.3 Å². The minimum atomic E-state index is -0.140. The molecule has 126 valence electrons. The van der Waals surface area contributed by atoms with Crippen LogP contribution in [0.25, 0.3) is 11.0 Å². The zero-order chi connectivity index (χ0) is 16.7. The molecule has 2 aliphatic rings. The van der Waals surface area contributed by atoms with E-state index in [1.807, 2.05) is 22.8 Å². The molecule has 1 fully saturated rings. The van der Waals surface area contributed by atoms with Crippen molar-refractivity contribution < 1.29 is 14.6 Å². The summed E-state index contributed by atoms with van der Waals surface area (Å²) in [7, 11) is 0. The number of fused-ring (bicyclic) bond motifs is 2. The van der Waals surface area contributed by atoms with Gasteiger partial charge in [0.1, 0.15) is 6.23 Å². The summed E-state index contributed by atoms with van der Waals surface area (Å²) in [5, 5.41) is 12.1. The van der Waals surface area contributed by atoms with Crippen molar-refractivity contribution in [2.45, 2.75) is 44.4 Å². The van der Waals surface area contributed by atoms with Gasteiger partial charge in [-0.2, -0.15) is 0 Å². The Kier molecular flexibility index (Phi) is 3.86. The standard InChI is InChI=1S/C18H21N3O3/c1-11-3-2-6-19-18(23)14-8-16-15(7-13(11)14)20-10-21(16)17-5-4-12(9-22)24-17/h2,6-8,10-12,17,22H,3-5,9H2,1H3,(H,19,23)/b6-2+. The first-order valence-electron chi connectivity index (χ1n) is 8.40. The Hall–Kier alpha value is -2.18. The van der Waals surface area contributed by atoms with Crippen molar-refractivity contribution in [3.8, 4) is 0 Å². The van der Waals surface area contributed by atoms with Gasteiger partial charge in [0, 0.05) is 11.8 Å². The number of benzene rings is 1. The summed E-state index contributed by atoms with van der Waals surface area (Å²) in [4.78, 5) is 17.0. The van der Waals surface area contributed by atoms with Gasteiger partial charge in [0.15, 0.2) is 0 Å². The van der Waals surface area contributed by atoms with Crippen molar-refractivity contribution in [2.24, 2.45) is 0 Å². The monoisotopic (exact) mass is 327 g/mol. The molecule has 2 aromatic rings. The number of aliphatic hydroxyl groups excluding tert-OH is 1. The molecule has 1 aromatic heterocycles. The third kappa shape index (κ3) is 2.52. The Balaban J connectivity index is 1.79. The van der Waals surface area contributed by atoms with Crippen molar-refractivity contribution in [3.05, 3.63) is 41.9 Å². The van der Waals surface area contributed by atoms with Crippen LogP contribution in [-0.4, -0.2) is 33.3 Å². The molecule has 0 bridgehead atoms. The molecule has 0 aliphatic carbocycles. The molecule has 0 saturated carbocycles. The Bertz CT molecular complexity index is 811. The minimum absolute atomic E-state index is 0.0325. The number of allylic oxidation sites excluding steroid dienone is 1. The van der Waals surface area contributed by atoms with Gasteiger partial charge in [-0.25, -0.2) is 4.98 Å². The molecule has 2 aliphatic heterocycles. The van der Waals surface area contributed by atoms with E-state index in [9.17, 15) is 9.90 Å². The second-order valence-electron chi connectivity index (χ2n) is 6.57. The Morgan fingerprint density at radius 1 is 1.42 bits per heavy atom. The first-order chi connectivity index (χ1) is 11.7. The second kappa shape index (κ2) is 6.03. The van der Waals surface area contributed by atoms with Crippen LogP contribution in [0.2, 0.25) is 0 Å². The average molecular weight is 327 g/mol. The van der Waals surface area contributed by atoms with E-state index in [2.05, 4.69) is 17.2 Å². The molecule has 6 heteroatoms. The molecule has 0 spiro atoms. The number of nitrogens with one attached hydrogen (secondary N) is 1. The van der Waals surface area contributed by atoms with E-state index in [4.69, 9.17) is 4.74 Å². The van der Waals surface area contributed by atoms with E-state index in [-0.39, 0.29) is 30.8 Å². The van der Waals surface area contributed by atoms with Gasteiger partial charge in [-0.1, -0.05) is 13.0 Å². The smallest absolute Gasteiger partial charge is 0.255 e. The number of imidazole rings is 1. The number of nitrogens with zero attached hydrogens (tertiary/aromatic N) is 2. The predicted octanol–water partition coefficient (Wildman–Crippen LogP) is 2.46. The molecule has 0 radical (unpaired) electrons. The highest BCUT2D eigenvalue weighted by atomic mass is 16.5. The highest BCUT2D eigenvalue weighted by Crippen LogP contribution is 2.33. The third-order valence-electron chi connectivity index (χ3n) is 4.94. The van der Waals surface area contributed by atoms with Gasteiger partial charge in [-0.3, -0.25) is 4.79 Å². The fraction of sp³-hybridized carbons (Fsp3) is 0.444. The first kappa shape index (κ1) is 15.4. The van der Waals surface area contributed by atoms with Crippen LogP contribution in [0.15, 0.2) is 30.7 Å². The van der Waals surface area contributed by atoms with Crippen LogP contribution in [-0.2, 0) is 4.74 Å². The van der Waals surface area contributed by atoms with Crippen LogP contribution in [0, 0.1) is 0 Å². The number of aliphatic hydroxyl groups is 1. The zero-order valence-corrected chi connectivity index (χ0v) is 13.6. The van der Waals surface area contributed by atoms with Crippen molar-refractivity contribution in [2.75, 3.05) is 6.61 Å². The maximum absolute atomic E-state index is 12.4. The van der Waals surface area contributed by atoms with Crippen molar-refractivity contribution in [3.63, 3.8) is 0 Å². The third-order valence-corrected chi connectivity index (χ3v) is 4.94. The fourth-order valence-electron chi connectivity index (χ4n) is 3.56. The Morgan fingerprint density at radius 3 is 3.08 bits per heavy atom. The van der Waals surface area contributed by atoms with Gasteiger partial charge in [0.05, 0.1) is 30.1 Å². The summed E-state index contributed by atoms with van der Waals surface area (Å²) in [6.45, 7) is 2.15. The van der Waals surface area contributed by atoms with Gasteiger partial charge in [-0.15, -0.1) is 0 Å². The number of carbonyl (C=O) groups is 1. The van der Waals surface area contributed by atoms with Crippen molar-refractivity contribution in [1.82, 2.24) is 14.9 Å². The van der Waals surface area contributed by atoms with Gasteiger partial charge in [0.2, 0.25) is 0 Å². The van der Waals surface area contributed by atoms with E-state index in [0.717, 1.165) is 35.9 Å². The first-order valence-corrected chi connectivity index (χ1v) is 8.40. The summed E-state index contributed by atoms with van der Waals surface area (Å²) >= 11 is 0. The topological polar surface area (TPSA) is 76.4 Å². The van der Waals surface area contributed by atoms with Crippen molar-refractivity contribution in [1.29, 1.82) is 0 Å². The number of amides is 1. The molecule has 6 nitrogen and oxygen atoms in total. The molecule has 1 saturated heterocycles. The number of hydrogen-bond donors (Lipinski definition) is 2. The molecule has 3 unspecified atom stereocenters. The number of rotatable bonds is 2. The Labute approximate surface area is 140 Å². The largest absolute Gasteiger partial charge is 0.394 e. The molecular weight excluding hydrogens is 306 g/mol. The summed E-state index contributed by atoms with van der Waals surface area (Å²) < 4.78 is 7.83. The SMILES string of the molecule is CC1C/C=C/NC(=O)c2cc3c(cc21)ncn3C1CCC(CO)O1. The van der Waals surface area contributed by atoms with E-state index in [0.29, 0.717) is 5.56 Å². The number of carbonyl (C=O) groups excluding carboxylic acids is 1. The molecule has 1 amide bonds. The minimum Gasteiger partial charge on any atom is -0.394 e. The van der Waals surface area contributed by atoms with Gasteiger partial charge < -0.3 is 19.7 Å². The summed E-state index contributed by atoms with van der Waals surface area (Å²) in [6, 6.07) is 3.93. The summed E-state index contributed by atoms with van der Waals surface area (Å²) in [5.41, 5.74) is 3.48. The van der Waals surface area contributed by atoms with Crippen LogP contribution >= 0.6 is 0 Å². The van der Waals surface area contributed by atoms with Gasteiger partial charge in [0.25, 0.3) is 5.91 Å². The van der Waals surface area contributed by atoms with Crippen molar-refractivity contribution >= 4 is 16.9 Å². The van der Waals surface area contributed by atoms with E-state index >= 15 is 0 Å². The van der Waals surface area contributed by atoms with Gasteiger partial charge >= 0.3 is 0 Å². The average Bonchev–Trinajstić information content (AvgIpc) is 3.21. The lowest BCUT2D eigenvalue weighted by molar-refractivity contribution is -0.0204. The fourth-order valence-corrected chi connectivity index (χ4v) is 3.56. The molecule has 24 heavy (non-hydrogen) atoms. The quantitative estimate of drug-likeness (QED) is 0.888. The molecule has 4 rings (SSSR count).